The minimum Gasteiger partial charge on any atom is -0.0985 e. The molecule has 0 aliphatic carbocycles. The van der Waals surface area contributed by atoms with E-state index in [1.54, 1.807) is 0 Å². The second-order valence-electron chi connectivity index (χ2n) is 3.22. The molecule has 0 saturated carbocycles. The highest BCUT2D eigenvalue weighted by Crippen LogP contribution is 2.19. The topological polar surface area (TPSA) is 0 Å². The summed E-state index contributed by atoms with van der Waals surface area (Å²) in [6.45, 7) is 11.7. The van der Waals surface area contributed by atoms with E-state index >= 15 is 0 Å². The van der Waals surface area contributed by atoms with Crippen molar-refractivity contribution in [3.05, 3.63) is 60.2 Å². The smallest absolute Gasteiger partial charge is 0.0181 e. The standard InChI is InChI=1S/C14H16.CH4/c1-5-12(6-2)14-9-8-11(4)13(7-3)10-14;/h5-10H,1,3H2,2,4H3;1H4/b12-6+;. The molecular formula is C15H20. The van der Waals surface area contributed by atoms with E-state index in [0.29, 0.717) is 0 Å². The summed E-state index contributed by atoms with van der Waals surface area (Å²) < 4.78 is 0. The molecule has 1 aromatic rings. The maximum absolute atomic E-state index is 3.80. The van der Waals surface area contributed by atoms with E-state index in [1.165, 1.54) is 16.7 Å². The predicted octanol–water partition coefficient (Wildman–Crippen LogP) is 4.86. The van der Waals surface area contributed by atoms with Gasteiger partial charge in [-0.25, -0.2) is 0 Å². The van der Waals surface area contributed by atoms with Gasteiger partial charge in [0.2, 0.25) is 0 Å². The van der Waals surface area contributed by atoms with Crippen molar-refractivity contribution in [3.8, 4) is 0 Å². The second-order valence-corrected chi connectivity index (χ2v) is 3.22. The van der Waals surface area contributed by atoms with Crippen LogP contribution in [0.15, 0.2) is 43.5 Å². The quantitative estimate of drug-likeness (QED) is 0.611. The van der Waals surface area contributed by atoms with Crippen LogP contribution in [0.2, 0.25) is 0 Å². The Morgan fingerprint density at radius 1 is 1.27 bits per heavy atom. The molecule has 15 heavy (non-hydrogen) atoms. The minimum absolute atomic E-state index is 0. The van der Waals surface area contributed by atoms with Crippen LogP contribution in [0, 0.1) is 6.92 Å². The summed E-state index contributed by atoms with van der Waals surface area (Å²) in [5.41, 5.74) is 4.79. The summed E-state index contributed by atoms with van der Waals surface area (Å²) in [5.74, 6) is 0. The number of hydrogen-bond donors (Lipinski definition) is 0. The van der Waals surface area contributed by atoms with Crippen LogP contribution in [0.25, 0.3) is 11.6 Å². The highest BCUT2D eigenvalue weighted by Gasteiger charge is 1.99. The summed E-state index contributed by atoms with van der Waals surface area (Å²) in [4.78, 5) is 0. The zero-order valence-corrected chi connectivity index (χ0v) is 8.88. The zero-order chi connectivity index (χ0) is 10.6. The van der Waals surface area contributed by atoms with Gasteiger partial charge in [0.25, 0.3) is 0 Å². The summed E-state index contributed by atoms with van der Waals surface area (Å²) in [5, 5.41) is 0. The Hall–Kier alpha value is -1.56. The monoisotopic (exact) mass is 200 g/mol. The van der Waals surface area contributed by atoms with Gasteiger partial charge >= 0.3 is 0 Å². The molecule has 0 unspecified atom stereocenters. The van der Waals surface area contributed by atoms with Crippen LogP contribution in [0.3, 0.4) is 0 Å². The highest BCUT2D eigenvalue weighted by molar-refractivity contribution is 5.75. The first-order valence-corrected chi connectivity index (χ1v) is 4.75. The number of rotatable bonds is 3. The zero-order valence-electron chi connectivity index (χ0n) is 8.88. The first-order chi connectivity index (χ1) is 6.72. The molecule has 0 aliphatic heterocycles. The molecule has 0 atom stereocenters. The lowest BCUT2D eigenvalue weighted by molar-refractivity contribution is 1.43. The molecule has 1 aromatic carbocycles. The van der Waals surface area contributed by atoms with E-state index in [9.17, 15) is 0 Å². The third kappa shape index (κ3) is 2.95. The predicted molar refractivity (Wildman–Crippen MR) is 71.8 cm³/mol. The normalized spacial score (nSPS) is 10.4. The van der Waals surface area contributed by atoms with Gasteiger partial charge in [-0.2, -0.15) is 0 Å². The third-order valence-corrected chi connectivity index (χ3v) is 2.36. The maximum atomic E-state index is 3.80. The Kier molecular flexibility index (Phi) is 5.40. The molecule has 0 saturated heterocycles. The number of hydrogen-bond acceptors (Lipinski definition) is 0. The van der Waals surface area contributed by atoms with Gasteiger partial charge in [-0.05, 0) is 42.2 Å². The van der Waals surface area contributed by atoms with Crippen molar-refractivity contribution in [1.29, 1.82) is 0 Å². The van der Waals surface area contributed by atoms with E-state index < -0.39 is 0 Å². The van der Waals surface area contributed by atoms with Gasteiger partial charge in [-0.15, -0.1) is 0 Å². The van der Waals surface area contributed by atoms with Crippen LogP contribution in [0.1, 0.15) is 31.0 Å². The molecule has 1 rings (SSSR count). The average Bonchev–Trinajstić information content (AvgIpc) is 2.22. The van der Waals surface area contributed by atoms with Crippen molar-refractivity contribution in [2.24, 2.45) is 0 Å². The Labute approximate surface area is 93.7 Å². The molecule has 0 nitrogen and oxygen atoms in total. The van der Waals surface area contributed by atoms with Crippen LogP contribution < -0.4 is 0 Å². The van der Waals surface area contributed by atoms with Gasteiger partial charge in [0.15, 0.2) is 0 Å². The van der Waals surface area contributed by atoms with Gasteiger partial charge in [0.05, 0.1) is 0 Å². The molecule has 0 spiro atoms. The summed E-state index contributed by atoms with van der Waals surface area (Å²) in [6.07, 6.45) is 5.82. The summed E-state index contributed by atoms with van der Waals surface area (Å²) in [6, 6.07) is 6.36. The van der Waals surface area contributed by atoms with Crippen molar-refractivity contribution in [3.63, 3.8) is 0 Å². The molecule has 0 aliphatic rings. The maximum Gasteiger partial charge on any atom is -0.0181 e. The molecule has 0 radical (unpaired) electrons. The molecule has 0 bridgehead atoms. The van der Waals surface area contributed by atoms with Gasteiger partial charge in [0, 0.05) is 0 Å². The van der Waals surface area contributed by atoms with Crippen LogP contribution in [0.5, 0.6) is 0 Å². The first kappa shape index (κ1) is 13.4. The van der Waals surface area contributed by atoms with E-state index in [-0.39, 0.29) is 7.43 Å². The van der Waals surface area contributed by atoms with Gasteiger partial charge in [-0.1, -0.05) is 50.9 Å². The third-order valence-electron chi connectivity index (χ3n) is 2.36. The molecule has 0 N–H and O–H groups in total. The van der Waals surface area contributed by atoms with Crippen molar-refractivity contribution in [2.45, 2.75) is 21.3 Å². The average molecular weight is 200 g/mol. The molecule has 0 amide bonds. The Morgan fingerprint density at radius 3 is 2.40 bits per heavy atom. The lowest BCUT2D eigenvalue weighted by atomic mass is 10.00. The van der Waals surface area contributed by atoms with Crippen LogP contribution >= 0.6 is 0 Å². The molecule has 0 aromatic heterocycles. The van der Waals surface area contributed by atoms with Crippen molar-refractivity contribution in [2.75, 3.05) is 0 Å². The van der Waals surface area contributed by atoms with E-state index in [1.807, 2.05) is 19.1 Å². The second kappa shape index (κ2) is 6.02. The molecule has 80 valence electrons. The lowest BCUT2D eigenvalue weighted by Crippen LogP contribution is -1.85. The number of allylic oxidation sites excluding steroid dienone is 3. The fraction of sp³-hybridized carbons (Fsp3) is 0.200. The van der Waals surface area contributed by atoms with Gasteiger partial charge in [0.1, 0.15) is 0 Å². The SMILES string of the molecule is C.C=C/C(=C\C)c1ccc(C)c(C=C)c1. The van der Waals surface area contributed by atoms with Gasteiger partial charge < -0.3 is 0 Å². The van der Waals surface area contributed by atoms with Crippen molar-refractivity contribution in [1.82, 2.24) is 0 Å². The fourth-order valence-corrected chi connectivity index (χ4v) is 1.44. The Bertz CT molecular complexity index is 381. The number of benzene rings is 1. The first-order valence-electron chi connectivity index (χ1n) is 4.75. The van der Waals surface area contributed by atoms with E-state index in [4.69, 9.17) is 0 Å². The van der Waals surface area contributed by atoms with Crippen molar-refractivity contribution < 1.29 is 0 Å². The van der Waals surface area contributed by atoms with E-state index in [0.717, 1.165) is 5.57 Å². The fourth-order valence-electron chi connectivity index (χ4n) is 1.44. The van der Waals surface area contributed by atoms with Gasteiger partial charge in [-0.3, -0.25) is 0 Å². The molecule has 0 fully saturated rings. The largest absolute Gasteiger partial charge is 0.0985 e. The minimum atomic E-state index is 0. The molecular weight excluding hydrogens is 180 g/mol. The Morgan fingerprint density at radius 2 is 1.93 bits per heavy atom. The van der Waals surface area contributed by atoms with Crippen LogP contribution in [-0.2, 0) is 0 Å². The highest BCUT2D eigenvalue weighted by atomic mass is 14.0. The van der Waals surface area contributed by atoms with Crippen LogP contribution in [0.4, 0.5) is 0 Å². The number of aryl methyl sites for hydroxylation is 1. The Balaban J connectivity index is 0.00000196. The van der Waals surface area contributed by atoms with E-state index in [2.05, 4.69) is 44.4 Å². The molecule has 0 heterocycles. The van der Waals surface area contributed by atoms with Crippen LogP contribution in [-0.4, -0.2) is 0 Å². The summed E-state index contributed by atoms with van der Waals surface area (Å²) in [7, 11) is 0. The summed E-state index contributed by atoms with van der Waals surface area (Å²) >= 11 is 0. The van der Waals surface area contributed by atoms with Crippen molar-refractivity contribution >= 4 is 11.6 Å². The lowest BCUT2D eigenvalue weighted by Gasteiger charge is -2.05. The molecule has 0 heteroatoms.